The number of hydrogen-bond acceptors (Lipinski definition) is 5. The monoisotopic (exact) mass is 700 g/mol. The van der Waals surface area contributed by atoms with Crippen molar-refractivity contribution in [3.63, 3.8) is 0 Å². The van der Waals surface area contributed by atoms with Gasteiger partial charge in [0.25, 0.3) is 5.91 Å². The maximum absolute atomic E-state index is 14.0. The number of thioether (sulfide) groups is 1. The Hall–Kier alpha value is -2.66. The van der Waals surface area contributed by atoms with Crippen molar-refractivity contribution < 1.29 is 23.1 Å². The molecule has 0 radical (unpaired) electrons. The van der Waals surface area contributed by atoms with Crippen LogP contribution in [-0.2, 0) is 21.4 Å². The Balaban J connectivity index is 1.70. The summed E-state index contributed by atoms with van der Waals surface area (Å²) in [6.45, 7) is 2.51. The third-order valence-corrected chi connectivity index (χ3v) is 11.3. The number of amides is 1. The molecule has 1 aliphatic rings. The van der Waals surface area contributed by atoms with E-state index in [0.29, 0.717) is 35.8 Å². The summed E-state index contributed by atoms with van der Waals surface area (Å²) in [5.41, 5.74) is 3.53. The van der Waals surface area contributed by atoms with E-state index in [2.05, 4.69) is 21.2 Å². The number of carbonyl (C=O) groups is 2. The average molecular weight is 702 g/mol. The molecule has 236 valence electrons. The van der Waals surface area contributed by atoms with Gasteiger partial charge in [-0.1, -0.05) is 78.4 Å². The van der Waals surface area contributed by atoms with Crippen LogP contribution < -0.4 is 5.32 Å². The van der Waals surface area contributed by atoms with Crippen LogP contribution in [0, 0.1) is 12.8 Å². The van der Waals surface area contributed by atoms with Gasteiger partial charge in [0, 0.05) is 23.1 Å². The first-order valence-corrected chi connectivity index (χ1v) is 18.7. The van der Waals surface area contributed by atoms with Crippen LogP contribution in [0.3, 0.4) is 0 Å². The van der Waals surface area contributed by atoms with Gasteiger partial charge < -0.3 is 10.4 Å². The Labute approximate surface area is 274 Å². The highest BCUT2D eigenvalue weighted by Crippen LogP contribution is 2.31. The fourth-order valence-corrected chi connectivity index (χ4v) is 7.94. The molecule has 0 spiro atoms. The molecule has 0 heterocycles. The van der Waals surface area contributed by atoms with Gasteiger partial charge in [0.1, 0.15) is 6.04 Å². The van der Waals surface area contributed by atoms with Crippen molar-refractivity contribution >= 4 is 49.6 Å². The molecule has 1 atom stereocenters. The summed E-state index contributed by atoms with van der Waals surface area (Å²) in [4.78, 5) is 25.6. The summed E-state index contributed by atoms with van der Waals surface area (Å²) in [5.74, 6) is -0.439. The van der Waals surface area contributed by atoms with E-state index in [-0.39, 0.29) is 11.4 Å². The predicted molar refractivity (Wildman–Crippen MR) is 181 cm³/mol. The van der Waals surface area contributed by atoms with E-state index in [9.17, 15) is 23.1 Å². The van der Waals surface area contributed by atoms with E-state index in [1.165, 1.54) is 31.0 Å². The van der Waals surface area contributed by atoms with E-state index in [1.54, 1.807) is 40.7 Å². The first kappa shape index (κ1) is 34.2. The zero-order chi connectivity index (χ0) is 31.7. The number of hydrogen-bond donors (Lipinski definition) is 2. The summed E-state index contributed by atoms with van der Waals surface area (Å²) in [6, 6.07) is 18.7. The lowest BCUT2D eigenvalue weighted by Crippen LogP contribution is -2.41. The van der Waals surface area contributed by atoms with Crippen LogP contribution in [0.2, 0.25) is 0 Å². The smallest absolute Gasteiger partial charge is 0.326 e. The Morgan fingerprint density at radius 3 is 2.39 bits per heavy atom. The lowest BCUT2D eigenvalue weighted by atomic mass is 9.87. The van der Waals surface area contributed by atoms with Crippen LogP contribution in [0.25, 0.3) is 11.1 Å². The van der Waals surface area contributed by atoms with Gasteiger partial charge in [-0.05, 0) is 96.3 Å². The molecule has 3 aromatic carbocycles. The van der Waals surface area contributed by atoms with Gasteiger partial charge in [-0.2, -0.15) is 16.1 Å². The number of benzene rings is 3. The van der Waals surface area contributed by atoms with E-state index < -0.39 is 27.9 Å². The second-order valence-corrected chi connectivity index (χ2v) is 15.3. The van der Waals surface area contributed by atoms with Crippen molar-refractivity contribution in [1.82, 2.24) is 9.62 Å². The Morgan fingerprint density at radius 1 is 1.02 bits per heavy atom. The summed E-state index contributed by atoms with van der Waals surface area (Å²) >= 11 is 4.92. The highest BCUT2D eigenvalue weighted by atomic mass is 79.9. The second-order valence-electron chi connectivity index (χ2n) is 11.4. The maximum atomic E-state index is 14.0. The van der Waals surface area contributed by atoms with Crippen LogP contribution in [0.1, 0.15) is 66.4 Å². The minimum atomic E-state index is -3.80. The molecule has 1 saturated carbocycles. The second kappa shape index (κ2) is 16.1. The number of carboxylic acid groups (broad SMARTS) is 1. The molecule has 4 rings (SSSR count). The molecule has 3 aromatic rings. The highest BCUT2D eigenvalue weighted by Gasteiger charge is 2.28. The van der Waals surface area contributed by atoms with Gasteiger partial charge in [0.05, 0.1) is 4.90 Å². The zero-order valence-corrected chi connectivity index (χ0v) is 28.5. The highest BCUT2D eigenvalue weighted by molar-refractivity contribution is 9.10. The van der Waals surface area contributed by atoms with Crippen LogP contribution in [0.4, 0.5) is 0 Å². The van der Waals surface area contributed by atoms with E-state index in [0.717, 1.165) is 40.4 Å². The third-order valence-electron chi connectivity index (χ3n) is 8.30. The minimum Gasteiger partial charge on any atom is -0.480 e. The van der Waals surface area contributed by atoms with Crippen molar-refractivity contribution in [2.75, 3.05) is 18.6 Å². The summed E-state index contributed by atoms with van der Waals surface area (Å²) in [7, 11) is -3.80. The molecular weight excluding hydrogens is 660 g/mol. The van der Waals surface area contributed by atoms with Crippen molar-refractivity contribution in [3.05, 3.63) is 87.9 Å². The summed E-state index contributed by atoms with van der Waals surface area (Å²) < 4.78 is 30.3. The minimum absolute atomic E-state index is 0.150. The standard InChI is InChI=1S/C34H41BrN2O5S2/c1-24-8-6-7-11-29(24)31-22-26(12-17-30(31)33(38)36-32(34(39)40)19-21-43-2)23-37(20-18-25-9-4-3-5-10-25)44(41,42)28-15-13-27(35)14-16-28/h6-8,11-17,22,25,32H,3-5,9-10,18-21,23H2,1-2H3,(H,36,38)(H,39,40). The fourth-order valence-electron chi connectivity index (χ4n) is 5.76. The molecule has 10 heteroatoms. The van der Waals surface area contributed by atoms with Crippen molar-refractivity contribution in [1.29, 1.82) is 0 Å². The molecule has 44 heavy (non-hydrogen) atoms. The molecule has 0 saturated heterocycles. The van der Waals surface area contributed by atoms with Crippen molar-refractivity contribution in [2.24, 2.45) is 5.92 Å². The number of nitrogens with one attached hydrogen (secondary N) is 1. The number of nitrogens with zero attached hydrogens (tertiary/aromatic N) is 1. The molecule has 1 amide bonds. The number of carboxylic acids is 1. The van der Waals surface area contributed by atoms with E-state index >= 15 is 0 Å². The first-order valence-electron chi connectivity index (χ1n) is 15.1. The van der Waals surface area contributed by atoms with Crippen LogP contribution in [0.15, 0.2) is 76.1 Å². The number of carbonyl (C=O) groups excluding carboxylic acids is 1. The SMILES string of the molecule is CSCCC(NC(=O)c1ccc(CN(CCC2CCCCC2)S(=O)(=O)c2ccc(Br)cc2)cc1-c1ccccc1C)C(=O)O. The first-order chi connectivity index (χ1) is 21.1. The Kier molecular flexibility index (Phi) is 12.5. The molecule has 1 aliphatic carbocycles. The summed E-state index contributed by atoms with van der Waals surface area (Å²) in [6.07, 6.45) is 8.87. The van der Waals surface area contributed by atoms with Gasteiger partial charge >= 0.3 is 5.97 Å². The zero-order valence-electron chi connectivity index (χ0n) is 25.3. The van der Waals surface area contributed by atoms with E-state index in [1.807, 2.05) is 43.5 Å². The van der Waals surface area contributed by atoms with Crippen molar-refractivity contribution in [3.8, 4) is 11.1 Å². The van der Waals surface area contributed by atoms with Crippen LogP contribution >= 0.6 is 27.7 Å². The largest absolute Gasteiger partial charge is 0.480 e. The molecule has 0 aliphatic heterocycles. The maximum Gasteiger partial charge on any atom is 0.326 e. The molecule has 7 nitrogen and oxygen atoms in total. The molecule has 1 fully saturated rings. The predicted octanol–water partition coefficient (Wildman–Crippen LogP) is 7.52. The van der Waals surface area contributed by atoms with Crippen LogP contribution in [0.5, 0.6) is 0 Å². The molecule has 2 N–H and O–H groups in total. The lowest BCUT2D eigenvalue weighted by molar-refractivity contribution is -0.139. The number of rotatable bonds is 14. The van der Waals surface area contributed by atoms with E-state index in [4.69, 9.17) is 0 Å². The Morgan fingerprint density at radius 2 is 1.73 bits per heavy atom. The molecule has 1 unspecified atom stereocenters. The van der Waals surface area contributed by atoms with Crippen LogP contribution in [-0.4, -0.2) is 54.3 Å². The number of sulfonamides is 1. The third kappa shape index (κ3) is 8.96. The number of aryl methyl sites for hydroxylation is 1. The van der Waals surface area contributed by atoms with Gasteiger partial charge in [-0.25, -0.2) is 13.2 Å². The van der Waals surface area contributed by atoms with Crippen molar-refractivity contribution in [2.45, 2.75) is 69.4 Å². The lowest BCUT2D eigenvalue weighted by Gasteiger charge is -2.27. The van der Waals surface area contributed by atoms with Gasteiger partial charge in [-0.15, -0.1) is 0 Å². The Bertz CT molecular complexity index is 1540. The quantitative estimate of drug-likeness (QED) is 0.180. The number of halogens is 1. The molecular formula is C34H41BrN2O5S2. The van der Waals surface area contributed by atoms with Gasteiger partial charge in [-0.3, -0.25) is 4.79 Å². The number of aliphatic carboxylic acids is 1. The topological polar surface area (TPSA) is 104 Å². The average Bonchev–Trinajstić information content (AvgIpc) is 3.01. The summed E-state index contributed by atoms with van der Waals surface area (Å²) in [5, 5.41) is 12.4. The molecule has 0 aromatic heterocycles. The fraction of sp³-hybridized carbons (Fsp3) is 0.412. The van der Waals surface area contributed by atoms with Gasteiger partial charge in [0.15, 0.2) is 0 Å². The molecule has 0 bridgehead atoms. The normalized spacial score (nSPS) is 14.8. The van der Waals surface area contributed by atoms with Gasteiger partial charge in [0.2, 0.25) is 10.0 Å².